The molecule has 0 heterocycles. The van der Waals surface area contributed by atoms with Gasteiger partial charge in [0.15, 0.2) is 0 Å². The molecule has 20 heavy (non-hydrogen) atoms. The van der Waals surface area contributed by atoms with Crippen molar-refractivity contribution in [3.63, 3.8) is 0 Å². The number of ether oxygens (including phenoxy) is 2. The molecular formula is C15H28F2O3. The largest absolute Gasteiger partial charge is 0.462 e. The molecule has 0 fully saturated rings. The topological polar surface area (TPSA) is 35.5 Å². The molecule has 0 aliphatic rings. The van der Waals surface area contributed by atoms with Crippen LogP contribution in [-0.4, -0.2) is 31.7 Å². The molecule has 0 radical (unpaired) electrons. The van der Waals surface area contributed by atoms with Crippen molar-refractivity contribution in [3.05, 3.63) is 0 Å². The number of esters is 1. The fourth-order valence-electron chi connectivity index (χ4n) is 1.82. The lowest BCUT2D eigenvalue weighted by Gasteiger charge is -2.14. The normalized spacial score (nSPS) is 11.6. The highest BCUT2D eigenvalue weighted by Crippen LogP contribution is 2.22. The third kappa shape index (κ3) is 10.1. The van der Waals surface area contributed by atoms with Crippen molar-refractivity contribution in [1.29, 1.82) is 0 Å². The van der Waals surface area contributed by atoms with Crippen LogP contribution in [0.15, 0.2) is 0 Å². The van der Waals surface area contributed by atoms with E-state index in [1.165, 1.54) is 32.6 Å². The summed E-state index contributed by atoms with van der Waals surface area (Å²) in [7, 11) is 0. The molecule has 0 aromatic carbocycles. The molecule has 0 aromatic rings. The van der Waals surface area contributed by atoms with Crippen LogP contribution >= 0.6 is 0 Å². The highest BCUT2D eigenvalue weighted by Gasteiger charge is 2.39. The first-order valence-electron chi connectivity index (χ1n) is 7.67. The number of carbonyl (C=O) groups is 1. The summed E-state index contributed by atoms with van der Waals surface area (Å²) in [5.41, 5.74) is 0. The average molecular weight is 294 g/mol. The lowest BCUT2D eigenvalue weighted by Crippen LogP contribution is -2.31. The average Bonchev–Trinajstić information content (AvgIpc) is 2.41. The molecule has 0 N–H and O–H groups in total. The Hall–Kier alpha value is -0.710. The Morgan fingerprint density at radius 2 is 1.55 bits per heavy atom. The van der Waals surface area contributed by atoms with E-state index >= 15 is 0 Å². The van der Waals surface area contributed by atoms with Crippen molar-refractivity contribution in [1.82, 2.24) is 0 Å². The molecular weight excluding hydrogens is 266 g/mol. The molecule has 0 amide bonds. The van der Waals surface area contributed by atoms with Crippen molar-refractivity contribution < 1.29 is 23.0 Å². The van der Waals surface area contributed by atoms with Crippen LogP contribution in [0.25, 0.3) is 0 Å². The van der Waals surface area contributed by atoms with Crippen molar-refractivity contribution in [2.75, 3.05) is 19.8 Å². The maximum atomic E-state index is 13.2. The van der Waals surface area contributed by atoms with Gasteiger partial charge in [0, 0.05) is 19.6 Å². The smallest absolute Gasteiger partial charge is 0.376 e. The second-order valence-electron chi connectivity index (χ2n) is 4.91. The standard InChI is InChI=1S/C15H28F2O3/c1-3-5-6-7-8-9-12-19-13-10-11-15(16,17)14(18)20-4-2/h3-13H2,1-2H3. The van der Waals surface area contributed by atoms with Gasteiger partial charge in [0.05, 0.1) is 6.61 Å². The van der Waals surface area contributed by atoms with Crippen LogP contribution in [0.1, 0.15) is 65.2 Å². The summed E-state index contributed by atoms with van der Waals surface area (Å²) in [6, 6.07) is 0. The summed E-state index contributed by atoms with van der Waals surface area (Å²) in [6.45, 7) is 4.54. The third-order valence-corrected chi connectivity index (χ3v) is 3.00. The maximum Gasteiger partial charge on any atom is 0.376 e. The van der Waals surface area contributed by atoms with Crippen molar-refractivity contribution in [2.45, 2.75) is 71.1 Å². The fraction of sp³-hybridized carbons (Fsp3) is 0.933. The Morgan fingerprint density at radius 3 is 2.20 bits per heavy atom. The van der Waals surface area contributed by atoms with Gasteiger partial charge in [0.25, 0.3) is 0 Å². The van der Waals surface area contributed by atoms with E-state index in [9.17, 15) is 13.6 Å². The molecule has 5 heteroatoms. The van der Waals surface area contributed by atoms with E-state index in [1.54, 1.807) is 0 Å². The van der Waals surface area contributed by atoms with E-state index in [0.717, 1.165) is 12.8 Å². The number of halogens is 2. The van der Waals surface area contributed by atoms with Gasteiger partial charge < -0.3 is 9.47 Å². The van der Waals surface area contributed by atoms with Gasteiger partial charge in [0.1, 0.15) is 0 Å². The molecule has 0 spiro atoms. The molecule has 0 saturated carbocycles. The first-order valence-corrected chi connectivity index (χ1v) is 7.67. The molecule has 0 rings (SSSR count). The van der Waals surface area contributed by atoms with Crippen LogP contribution in [0.4, 0.5) is 8.78 Å². The SMILES string of the molecule is CCCCCCCCOCCCC(F)(F)C(=O)OCC. The Labute approximate surface area is 121 Å². The minimum atomic E-state index is -3.39. The third-order valence-electron chi connectivity index (χ3n) is 3.00. The van der Waals surface area contributed by atoms with E-state index in [0.29, 0.717) is 6.61 Å². The molecule has 0 aliphatic carbocycles. The molecule has 120 valence electrons. The summed E-state index contributed by atoms with van der Waals surface area (Å²) in [6.07, 6.45) is 6.70. The lowest BCUT2D eigenvalue weighted by molar-refractivity contribution is -0.172. The number of hydrogen-bond acceptors (Lipinski definition) is 3. The Bertz CT molecular complexity index is 245. The van der Waals surface area contributed by atoms with Crippen LogP contribution in [0, 0.1) is 0 Å². The van der Waals surface area contributed by atoms with Gasteiger partial charge in [0.2, 0.25) is 0 Å². The van der Waals surface area contributed by atoms with Gasteiger partial charge in [-0.3, -0.25) is 0 Å². The zero-order chi connectivity index (χ0) is 15.3. The predicted octanol–water partition coefficient (Wildman–Crippen LogP) is 4.34. The van der Waals surface area contributed by atoms with Crippen LogP contribution in [0.2, 0.25) is 0 Å². The second kappa shape index (κ2) is 12.1. The number of hydrogen-bond donors (Lipinski definition) is 0. The molecule has 0 unspecified atom stereocenters. The van der Waals surface area contributed by atoms with Crippen LogP contribution in [-0.2, 0) is 14.3 Å². The van der Waals surface area contributed by atoms with E-state index in [-0.39, 0.29) is 19.6 Å². The van der Waals surface area contributed by atoms with Gasteiger partial charge in [-0.25, -0.2) is 4.79 Å². The maximum absolute atomic E-state index is 13.2. The summed E-state index contributed by atoms with van der Waals surface area (Å²) in [5, 5.41) is 0. The summed E-state index contributed by atoms with van der Waals surface area (Å²) in [4.78, 5) is 10.9. The number of alkyl halides is 2. The molecule has 0 bridgehead atoms. The molecule has 0 aromatic heterocycles. The predicted molar refractivity (Wildman–Crippen MR) is 75.0 cm³/mol. The minimum Gasteiger partial charge on any atom is -0.462 e. The molecule has 0 atom stereocenters. The molecule has 3 nitrogen and oxygen atoms in total. The quantitative estimate of drug-likeness (QED) is 0.374. The van der Waals surface area contributed by atoms with Crippen molar-refractivity contribution >= 4 is 5.97 Å². The van der Waals surface area contributed by atoms with Gasteiger partial charge in [-0.15, -0.1) is 0 Å². The van der Waals surface area contributed by atoms with E-state index < -0.39 is 18.3 Å². The number of unbranched alkanes of at least 4 members (excludes halogenated alkanes) is 5. The van der Waals surface area contributed by atoms with E-state index in [4.69, 9.17) is 4.74 Å². The van der Waals surface area contributed by atoms with E-state index in [2.05, 4.69) is 11.7 Å². The zero-order valence-corrected chi connectivity index (χ0v) is 12.8. The molecule has 0 aliphatic heterocycles. The monoisotopic (exact) mass is 294 g/mol. The first-order chi connectivity index (χ1) is 9.54. The highest BCUT2D eigenvalue weighted by molar-refractivity contribution is 5.77. The van der Waals surface area contributed by atoms with E-state index in [1.807, 2.05) is 0 Å². The zero-order valence-electron chi connectivity index (χ0n) is 12.8. The second-order valence-corrected chi connectivity index (χ2v) is 4.91. The van der Waals surface area contributed by atoms with Gasteiger partial charge in [-0.2, -0.15) is 8.78 Å². The van der Waals surface area contributed by atoms with Crippen LogP contribution < -0.4 is 0 Å². The van der Waals surface area contributed by atoms with Gasteiger partial charge in [-0.1, -0.05) is 39.0 Å². The van der Waals surface area contributed by atoms with Crippen LogP contribution in [0.5, 0.6) is 0 Å². The first kappa shape index (κ1) is 19.3. The highest BCUT2D eigenvalue weighted by atomic mass is 19.3. The number of carbonyl (C=O) groups excluding carboxylic acids is 1. The van der Waals surface area contributed by atoms with Gasteiger partial charge in [-0.05, 0) is 19.8 Å². The Balaban J connectivity index is 3.41. The molecule has 0 saturated heterocycles. The van der Waals surface area contributed by atoms with Gasteiger partial charge >= 0.3 is 11.9 Å². The lowest BCUT2D eigenvalue weighted by atomic mass is 10.1. The van der Waals surface area contributed by atoms with Crippen LogP contribution in [0.3, 0.4) is 0 Å². The summed E-state index contributed by atoms with van der Waals surface area (Å²) < 4.78 is 36.1. The van der Waals surface area contributed by atoms with Crippen molar-refractivity contribution in [2.24, 2.45) is 0 Å². The minimum absolute atomic E-state index is 0.0248. The number of rotatable bonds is 13. The Morgan fingerprint density at radius 1 is 0.950 bits per heavy atom. The fourth-order valence-corrected chi connectivity index (χ4v) is 1.82. The summed E-state index contributed by atoms with van der Waals surface area (Å²) in [5.74, 6) is -4.82. The summed E-state index contributed by atoms with van der Waals surface area (Å²) >= 11 is 0. The van der Waals surface area contributed by atoms with Crippen molar-refractivity contribution in [3.8, 4) is 0 Å². The Kier molecular flexibility index (Phi) is 11.6.